The third-order valence-electron chi connectivity index (χ3n) is 4.62. The fourth-order valence-electron chi connectivity index (χ4n) is 3.13. The Balaban J connectivity index is 1.61. The number of aliphatic hydroxyl groups is 3. The van der Waals surface area contributed by atoms with Gasteiger partial charge in [0.05, 0.1) is 22.8 Å². The molecule has 5 atom stereocenters. The summed E-state index contributed by atoms with van der Waals surface area (Å²) >= 11 is 14.8. The number of thiophene rings is 1. The van der Waals surface area contributed by atoms with Gasteiger partial charge in [0.25, 0.3) is 0 Å². The highest BCUT2D eigenvalue weighted by Crippen LogP contribution is 2.39. The molecule has 154 valence electrons. The molecule has 0 amide bonds. The number of hydrogen-bond acceptors (Lipinski definition) is 8. The van der Waals surface area contributed by atoms with Crippen molar-refractivity contribution in [2.75, 3.05) is 6.61 Å². The van der Waals surface area contributed by atoms with Crippen LogP contribution in [0.25, 0.3) is 11.3 Å². The van der Waals surface area contributed by atoms with Crippen LogP contribution in [0.15, 0.2) is 46.1 Å². The largest absolute Gasteiger partial charge is 0.394 e. The standard InChI is InChI=1S/C18H17Cl2N3O4S2/c19-11-2-1-10(5-12(11)20)29-18-17(26)15(16(25)14(7-24)27-18)23-6-13(21-22-23)9-3-4-28-8-9/h1-6,8,14-18,24-26H,7H2/t14?,15?,16-,17?,18+/m0/s1. The predicted octanol–water partition coefficient (Wildman–Crippen LogP) is 3.09. The number of nitrogens with zero attached hydrogens (tertiary/aromatic N) is 3. The summed E-state index contributed by atoms with van der Waals surface area (Å²) < 4.78 is 7.17. The first-order valence-electron chi connectivity index (χ1n) is 8.66. The van der Waals surface area contributed by atoms with E-state index in [0.717, 1.165) is 10.5 Å². The second-order valence-electron chi connectivity index (χ2n) is 6.49. The normalized spacial score (nSPS) is 27.3. The van der Waals surface area contributed by atoms with Crippen LogP contribution in [0.3, 0.4) is 0 Å². The van der Waals surface area contributed by atoms with Crippen molar-refractivity contribution in [3.8, 4) is 11.3 Å². The van der Waals surface area contributed by atoms with Gasteiger partial charge in [0.2, 0.25) is 0 Å². The van der Waals surface area contributed by atoms with Crippen LogP contribution in [0, 0.1) is 0 Å². The minimum atomic E-state index is -1.17. The first-order chi connectivity index (χ1) is 14.0. The highest BCUT2D eigenvalue weighted by Gasteiger charge is 2.46. The van der Waals surface area contributed by atoms with Gasteiger partial charge in [-0.05, 0) is 29.6 Å². The molecule has 0 aliphatic carbocycles. The highest BCUT2D eigenvalue weighted by atomic mass is 35.5. The maximum atomic E-state index is 11.0. The van der Waals surface area contributed by atoms with Crippen molar-refractivity contribution in [1.29, 1.82) is 0 Å². The summed E-state index contributed by atoms with van der Waals surface area (Å²) in [5.74, 6) is 0. The average molecular weight is 474 g/mol. The molecule has 0 radical (unpaired) electrons. The zero-order chi connectivity index (χ0) is 20.5. The SMILES string of the molecule is OCC1O[C@H](Sc2ccc(Cl)c(Cl)c2)C(O)C(n2cc(-c3ccsc3)nn2)[C@H]1O. The number of benzene rings is 1. The van der Waals surface area contributed by atoms with E-state index in [4.69, 9.17) is 27.9 Å². The van der Waals surface area contributed by atoms with Crippen LogP contribution in [-0.2, 0) is 4.74 Å². The van der Waals surface area contributed by atoms with Gasteiger partial charge in [0.15, 0.2) is 0 Å². The van der Waals surface area contributed by atoms with Crippen molar-refractivity contribution in [3.63, 3.8) is 0 Å². The van der Waals surface area contributed by atoms with E-state index in [9.17, 15) is 15.3 Å². The summed E-state index contributed by atoms with van der Waals surface area (Å²) in [7, 11) is 0. The summed E-state index contributed by atoms with van der Waals surface area (Å²) in [5.41, 5.74) is 0.760. The molecule has 1 aromatic carbocycles. The molecule has 1 saturated heterocycles. The number of hydrogen-bond donors (Lipinski definition) is 3. The van der Waals surface area contributed by atoms with Gasteiger partial charge in [-0.2, -0.15) is 11.3 Å². The molecule has 0 spiro atoms. The summed E-state index contributed by atoms with van der Waals surface area (Å²) in [6, 6.07) is 6.15. The van der Waals surface area contributed by atoms with Crippen molar-refractivity contribution in [3.05, 3.63) is 51.3 Å². The zero-order valence-electron chi connectivity index (χ0n) is 14.8. The Morgan fingerprint density at radius 2 is 2.00 bits per heavy atom. The summed E-state index contributed by atoms with van der Waals surface area (Å²) in [6.45, 7) is -0.408. The molecule has 3 N–H and O–H groups in total. The maximum Gasteiger partial charge on any atom is 0.136 e. The number of aromatic nitrogens is 3. The lowest BCUT2D eigenvalue weighted by Gasteiger charge is -2.41. The molecule has 3 heterocycles. The van der Waals surface area contributed by atoms with E-state index in [2.05, 4.69) is 10.3 Å². The van der Waals surface area contributed by atoms with E-state index < -0.39 is 36.4 Å². The lowest BCUT2D eigenvalue weighted by atomic mass is 9.97. The molecule has 3 aromatic rings. The fourth-order valence-corrected chi connectivity index (χ4v) is 5.24. The lowest BCUT2D eigenvalue weighted by Crippen LogP contribution is -2.55. The van der Waals surface area contributed by atoms with E-state index in [1.165, 1.54) is 27.8 Å². The van der Waals surface area contributed by atoms with Gasteiger partial charge >= 0.3 is 0 Å². The van der Waals surface area contributed by atoms with Crippen LogP contribution < -0.4 is 0 Å². The highest BCUT2D eigenvalue weighted by molar-refractivity contribution is 7.99. The molecule has 3 unspecified atom stereocenters. The number of halogens is 2. The Morgan fingerprint density at radius 1 is 1.17 bits per heavy atom. The zero-order valence-corrected chi connectivity index (χ0v) is 17.9. The van der Waals surface area contributed by atoms with E-state index in [0.29, 0.717) is 15.7 Å². The Labute approximate surface area is 184 Å². The Bertz CT molecular complexity index is 972. The molecule has 1 fully saturated rings. The maximum absolute atomic E-state index is 11.0. The van der Waals surface area contributed by atoms with Crippen molar-refractivity contribution < 1.29 is 20.1 Å². The van der Waals surface area contributed by atoms with Gasteiger partial charge in [-0.15, -0.1) is 5.10 Å². The summed E-state index contributed by atoms with van der Waals surface area (Å²) in [6.07, 6.45) is -1.51. The minimum Gasteiger partial charge on any atom is -0.394 e. The van der Waals surface area contributed by atoms with Gasteiger partial charge in [0, 0.05) is 15.8 Å². The van der Waals surface area contributed by atoms with Gasteiger partial charge in [-0.1, -0.05) is 40.2 Å². The van der Waals surface area contributed by atoms with Gasteiger partial charge in [-0.3, -0.25) is 0 Å². The number of ether oxygens (including phenoxy) is 1. The lowest BCUT2D eigenvalue weighted by molar-refractivity contribution is -0.178. The van der Waals surface area contributed by atoms with Crippen molar-refractivity contribution >= 4 is 46.3 Å². The fraction of sp³-hybridized carbons (Fsp3) is 0.333. The van der Waals surface area contributed by atoms with E-state index in [1.54, 1.807) is 24.4 Å². The second kappa shape index (κ2) is 8.91. The Morgan fingerprint density at radius 3 is 2.69 bits per heavy atom. The topological polar surface area (TPSA) is 101 Å². The molecule has 0 saturated carbocycles. The number of rotatable bonds is 5. The summed E-state index contributed by atoms with van der Waals surface area (Å²) in [5, 5.41) is 44.2. The van der Waals surface area contributed by atoms with Crippen molar-refractivity contribution in [2.45, 2.75) is 34.7 Å². The molecule has 29 heavy (non-hydrogen) atoms. The third-order valence-corrected chi connectivity index (χ3v) is 7.20. The minimum absolute atomic E-state index is 0.383. The molecule has 2 aromatic heterocycles. The van der Waals surface area contributed by atoms with Gasteiger partial charge in [0.1, 0.15) is 35.5 Å². The average Bonchev–Trinajstić information content (AvgIpc) is 3.39. The van der Waals surface area contributed by atoms with Crippen molar-refractivity contribution in [1.82, 2.24) is 15.0 Å². The van der Waals surface area contributed by atoms with Gasteiger partial charge in [-0.25, -0.2) is 4.68 Å². The Kier molecular flexibility index (Phi) is 6.47. The molecule has 0 bridgehead atoms. The third kappa shape index (κ3) is 4.33. The van der Waals surface area contributed by atoms with Crippen LogP contribution >= 0.6 is 46.3 Å². The van der Waals surface area contributed by atoms with Crippen LogP contribution in [-0.4, -0.2) is 60.7 Å². The molecule has 7 nitrogen and oxygen atoms in total. The van der Waals surface area contributed by atoms with E-state index >= 15 is 0 Å². The van der Waals surface area contributed by atoms with Crippen LogP contribution in [0.2, 0.25) is 10.0 Å². The van der Waals surface area contributed by atoms with Crippen LogP contribution in [0.4, 0.5) is 0 Å². The quantitative estimate of drug-likeness (QED) is 0.523. The Hall–Kier alpha value is -1.17. The smallest absolute Gasteiger partial charge is 0.136 e. The summed E-state index contributed by atoms with van der Waals surface area (Å²) in [4.78, 5) is 0.729. The molecule has 1 aliphatic heterocycles. The molecule has 11 heteroatoms. The molecular formula is C18H17Cl2N3O4S2. The predicted molar refractivity (Wildman–Crippen MR) is 112 cm³/mol. The van der Waals surface area contributed by atoms with Crippen LogP contribution in [0.1, 0.15) is 6.04 Å². The monoisotopic (exact) mass is 473 g/mol. The van der Waals surface area contributed by atoms with Crippen molar-refractivity contribution in [2.24, 2.45) is 0 Å². The van der Waals surface area contributed by atoms with E-state index in [-0.39, 0.29) is 0 Å². The first kappa shape index (κ1) is 21.1. The first-order valence-corrected chi connectivity index (χ1v) is 11.2. The second-order valence-corrected chi connectivity index (χ2v) is 9.25. The number of aliphatic hydroxyl groups excluding tert-OH is 3. The molecule has 1 aliphatic rings. The van der Waals surface area contributed by atoms with E-state index in [1.807, 2.05) is 16.8 Å². The van der Waals surface area contributed by atoms with Gasteiger partial charge < -0.3 is 20.1 Å². The van der Waals surface area contributed by atoms with Crippen LogP contribution in [0.5, 0.6) is 0 Å². The molecular weight excluding hydrogens is 457 g/mol. The molecule has 4 rings (SSSR count). The number of thioether (sulfide) groups is 1.